The summed E-state index contributed by atoms with van der Waals surface area (Å²) in [7, 11) is -0.627. The summed E-state index contributed by atoms with van der Waals surface area (Å²) in [4.78, 5) is 20.2. The van der Waals surface area contributed by atoms with Gasteiger partial charge < -0.3 is 10.3 Å². The molecule has 0 radical (unpaired) electrons. The summed E-state index contributed by atoms with van der Waals surface area (Å²) < 4.78 is 25.6. The van der Waals surface area contributed by atoms with Crippen LogP contribution in [0.4, 0.5) is 5.69 Å². The number of benzene rings is 2. The van der Waals surface area contributed by atoms with E-state index in [0.29, 0.717) is 10.8 Å². The molecule has 27 heavy (non-hydrogen) atoms. The largest absolute Gasteiger partial charge is 0.333 e. The number of rotatable bonds is 6. The fraction of sp³-hybridized carbons (Fsp3) is 0.222. The van der Waals surface area contributed by atoms with Crippen molar-refractivity contribution in [2.24, 2.45) is 0 Å². The van der Waals surface area contributed by atoms with Crippen molar-refractivity contribution in [1.82, 2.24) is 14.3 Å². The highest BCUT2D eigenvalue weighted by molar-refractivity contribution is 8.00. The molecule has 1 unspecified atom stereocenters. The number of amides is 1. The minimum atomic E-state index is -3.56. The van der Waals surface area contributed by atoms with Crippen molar-refractivity contribution in [1.29, 1.82) is 0 Å². The Labute approximate surface area is 162 Å². The van der Waals surface area contributed by atoms with E-state index in [9.17, 15) is 13.2 Å². The summed E-state index contributed by atoms with van der Waals surface area (Å²) in [6.45, 7) is 1.77. The van der Waals surface area contributed by atoms with E-state index < -0.39 is 15.3 Å². The Bertz CT molecular complexity index is 1040. The van der Waals surface area contributed by atoms with Crippen molar-refractivity contribution in [3.63, 3.8) is 0 Å². The third kappa shape index (κ3) is 4.32. The highest BCUT2D eigenvalue weighted by Crippen LogP contribution is 2.25. The van der Waals surface area contributed by atoms with Gasteiger partial charge in [0.15, 0.2) is 5.16 Å². The molecule has 0 saturated carbocycles. The molecule has 3 rings (SSSR count). The van der Waals surface area contributed by atoms with Crippen LogP contribution in [0.15, 0.2) is 58.6 Å². The lowest BCUT2D eigenvalue weighted by Gasteiger charge is -2.14. The molecule has 0 saturated heterocycles. The predicted molar refractivity (Wildman–Crippen MR) is 107 cm³/mol. The Morgan fingerprint density at radius 3 is 2.63 bits per heavy atom. The quantitative estimate of drug-likeness (QED) is 0.616. The highest BCUT2D eigenvalue weighted by Gasteiger charge is 2.20. The molecular formula is C18H20N4O3S2. The van der Waals surface area contributed by atoms with Gasteiger partial charge in [-0.1, -0.05) is 30.0 Å². The summed E-state index contributed by atoms with van der Waals surface area (Å²) in [5.41, 5.74) is 2.18. The normalized spacial score (nSPS) is 13.0. The number of H-pyrrole nitrogens is 1. The maximum absolute atomic E-state index is 12.5. The number of para-hydroxylation sites is 2. The number of sulfonamides is 1. The molecule has 0 spiro atoms. The zero-order valence-corrected chi connectivity index (χ0v) is 16.8. The van der Waals surface area contributed by atoms with Gasteiger partial charge in [-0.15, -0.1) is 0 Å². The lowest BCUT2D eigenvalue weighted by molar-refractivity contribution is -0.115. The van der Waals surface area contributed by atoms with Crippen LogP contribution in [0.3, 0.4) is 0 Å². The van der Waals surface area contributed by atoms with Crippen LogP contribution in [0.2, 0.25) is 0 Å². The van der Waals surface area contributed by atoms with Crippen molar-refractivity contribution in [2.45, 2.75) is 22.2 Å². The van der Waals surface area contributed by atoms with E-state index in [4.69, 9.17) is 0 Å². The van der Waals surface area contributed by atoms with Gasteiger partial charge in [0.2, 0.25) is 15.9 Å². The number of nitrogens with zero attached hydrogens (tertiary/aromatic N) is 2. The summed E-state index contributed by atoms with van der Waals surface area (Å²) in [5.74, 6) is -0.236. The number of thioether (sulfide) groups is 1. The van der Waals surface area contributed by atoms with E-state index in [1.165, 1.54) is 38.0 Å². The molecule has 9 heteroatoms. The van der Waals surface area contributed by atoms with Gasteiger partial charge >= 0.3 is 0 Å². The second kappa shape index (κ2) is 7.71. The Balaban J connectivity index is 1.71. The Kier molecular flexibility index (Phi) is 5.54. The molecule has 3 aromatic rings. The summed E-state index contributed by atoms with van der Waals surface area (Å²) in [6, 6.07) is 13.9. The van der Waals surface area contributed by atoms with Crippen LogP contribution in [0.5, 0.6) is 0 Å². The molecule has 0 aliphatic carbocycles. The number of anilines is 1. The van der Waals surface area contributed by atoms with E-state index in [1.54, 1.807) is 19.1 Å². The average Bonchev–Trinajstić information content (AvgIpc) is 3.04. The number of carbonyl (C=O) groups excluding carboxylic acids is 1. The molecule has 2 N–H and O–H groups in total. The highest BCUT2D eigenvalue weighted by atomic mass is 32.2. The lowest BCUT2D eigenvalue weighted by atomic mass is 10.3. The molecule has 1 amide bonds. The fourth-order valence-electron chi connectivity index (χ4n) is 2.40. The van der Waals surface area contributed by atoms with Gasteiger partial charge in [-0.25, -0.2) is 17.7 Å². The first-order chi connectivity index (χ1) is 12.8. The number of hydrogen-bond donors (Lipinski definition) is 2. The fourth-order valence-corrected chi connectivity index (χ4v) is 4.16. The molecule has 0 bridgehead atoms. The van der Waals surface area contributed by atoms with Gasteiger partial charge in [-0.05, 0) is 37.3 Å². The van der Waals surface area contributed by atoms with Crippen molar-refractivity contribution in [3.05, 3.63) is 48.5 Å². The van der Waals surface area contributed by atoms with Gasteiger partial charge in [0, 0.05) is 19.8 Å². The number of carbonyl (C=O) groups is 1. The van der Waals surface area contributed by atoms with Gasteiger partial charge in [-0.3, -0.25) is 4.79 Å². The summed E-state index contributed by atoms with van der Waals surface area (Å²) in [5, 5.41) is 3.00. The first-order valence-electron chi connectivity index (χ1n) is 8.22. The first kappa shape index (κ1) is 19.4. The van der Waals surface area contributed by atoms with Crippen molar-refractivity contribution >= 4 is 44.4 Å². The van der Waals surface area contributed by atoms with E-state index in [2.05, 4.69) is 15.3 Å². The number of fused-ring (bicyclic) bond motifs is 1. The van der Waals surface area contributed by atoms with Crippen LogP contribution < -0.4 is 5.32 Å². The van der Waals surface area contributed by atoms with Crippen LogP contribution in [0.25, 0.3) is 11.0 Å². The maximum atomic E-state index is 12.5. The number of aromatic nitrogens is 2. The van der Waals surface area contributed by atoms with Crippen molar-refractivity contribution in [2.75, 3.05) is 19.4 Å². The third-order valence-electron chi connectivity index (χ3n) is 3.91. The van der Waals surface area contributed by atoms with Crippen LogP contribution in [-0.2, 0) is 14.8 Å². The van der Waals surface area contributed by atoms with Gasteiger partial charge in [0.05, 0.1) is 21.2 Å². The molecule has 1 atom stereocenters. The molecule has 1 aromatic heterocycles. The third-order valence-corrected chi connectivity index (χ3v) is 6.70. The molecule has 2 aromatic carbocycles. The monoisotopic (exact) mass is 404 g/mol. The molecule has 142 valence electrons. The predicted octanol–water partition coefficient (Wildman–Crippen LogP) is 2.93. The summed E-state index contributed by atoms with van der Waals surface area (Å²) >= 11 is 1.31. The second-order valence-corrected chi connectivity index (χ2v) is 9.61. The van der Waals surface area contributed by atoms with E-state index in [-0.39, 0.29) is 10.8 Å². The summed E-state index contributed by atoms with van der Waals surface area (Å²) in [6.07, 6.45) is 0. The SMILES string of the molecule is CC(Sc1nc2ccccc2[nH]1)C(=O)Nc1cccc(S(=O)(=O)N(C)C)c1. The molecule has 7 nitrogen and oxygen atoms in total. The minimum Gasteiger partial charge on any atom is -0.333 e. The Hall–Kier alpha value is -2.36. The van der Waals surface area contributed by atoms with Gasteiger partial charge in [-0.2, -0.15) is 0 Å². The van der Waals surface area contributed by atoms with E-state index in [0.717, 1.165) is 15.3 Å². The maximum Gasteiger partial charge on any atom is 0.242 e. The first-order valence-corrected chi connectivity index (χ1v) is 10.5. The Morgan fingerprint density at radius 1 is 1.19 bits per heavy atom. The molecule has 1 heterocycles. The standard InChI is InChI=1S/C18H20N4O3S2/c1-12(26-18-20-15-9-4-5-10-16(15)21-18)17(23)19-13-7-6-8-14(11-13)27(24,25)22(2)3/h4-12H,1-3H3,(H,19,23)(H,20,21). The van der Waals surface area contributed by atoms with Crippen LogP contribution in [0.1, 0.15) is 6.92 Å². The van der Waals surface area contributed by atoms with Gasteiger partial charge in [0.1, 0.15) is 0 Å². The average molecular weight is 405 g/mol. The molecular weight excluding hydrogens is 384 g/mol. The number of aromatic amines is 1. The Morgan fingerprint density at radius 2 is 1.93 bits per heavy atom. The number of nitrogens with one attached hydrogen (secondary N) is 2. The number of hydrogen-bond acceptors (Lipinski definition) is 5. The topological polar surface area (TPSA) is 95.2 Å². The van der Waals surface area contributed by atoms with Crippen molar-refractivity contribution in [3.8, 4) is 0 Å². The zero-order valence-electron chi connectivity index (χ0n) is 15.1. The van der Waals surface area contributed by atoms with Gasteiger partial charge in [0.25, 0.3) is 0 Å². The molecule has 0 aliphatic rings. The van der Waals surface area contributed by atoms with Crippen LogP contribution >= 0.6 is 11.8 Å². The molecule has 0 fully saturated rings. The smallest absolute Gasteiger partial charge is 0.242 e. The zero-order chi connectivity index (χ0) is 19.6. The van der Waals surface area contributed by atoms with Crippen LogP contribution in [0, 0.1) is 0 Å². The molecule has 0 aliphatic heterocycles. The minimum absolute atomic E-state index is 0.128. The van der Waals surface area contributed by atoms with Crippen molar-refractivity contribution < 1.29 is 13.2 Å². The van der Waals surface area contributed by atoms with E-state index >= 15 is 0 Å². The number of imidazole rings is 1. The lowest BCUT2D eigenvalue weighted by Crippen LogP contribution is -2.24. The second-order valence-electron chi connectivity index (χ2n) is 6.12. The van der Waals surface area contributed by atoms with E-state index in [1.807, 2.05) is 24.3 Å². The van der Waals surface area contributed by atoms with Crippen LogP contribution in [-0.4, -0.2) is 47.9 Å².